The van der Waals surface area contributed by atoms with E-state index >= 15 is 0 Å². The fraction of sp³-hybridized carbons (Fsp3) is 0.529. The molecule has 3 fully saturated rings. The van der Waals surface area contributed by atoms with Crippen molar-refractivity contribution in [3.05, 3.63) is 107 Å². The molecule has 0 bridgehead atoms. The maximum Gasteiger partial charge on any atom is 0.207 e. The first-order valence-electron chi connectivity index (χ1n) is 22.5. The molecular weight excluding hydrogens is 766 g/mol. The number of rotatable bonds is 9. The average molecular weight is 829 g/mol. The summed E-state index contributed by atoms with van der Waals surface area (Å²) in [5, 5.41) is 0. The SMILES string of the molecule is C/C=C/C1CC[C@H]2c3ccc(OCC)c(F)c3OC2C1.C/C=C/C1CC[C@H]2c3ccc(OCC)c(F)c3OC2C1.C/C=C\C1CC[C@H]2c3ccc(OCC)c(F)c3OC2C1. The third-order valence-electron chi connectivity index (χ3n) is 13.1. The summed E-state index contributed by atoms with van der Waals surface area (Å²) in [6.07, 6.45) is 23.0. The summed E-state index contributed by atoms with van der Waals surface area (Å²) in [7, 11) is 0. The zero-order valence-corrected chi connectivity index (χ0v) is 36.2. The van der Waals surface area contributed by atoms with E-state index in [0.717, 1.165) is 74.5 Å². The van der Waals surface area contributed by atoms with E-state index in [9.17, 15) is 13.2 Å². The van der Waals surface area contributed by atoms with E-state index in [0.29, 0.717) is 89.8 Å². The third-order valence-corrected chi connectivity index (χ3v) is 13.1. The molecule has 6 unspecified atom stereocenters. The Labute approximate surface area is 355 Å². The average Bonchev–Trinajstić information content (AvgIpc) is 3.94. The lowest BCUT2D eigenvalue weighted by Gasteiger charge is -2.29. The first-order valence-corrected chi connectivity index (χ1v) is 22.5. The van der Waals surface area contributed by atoms with Crippen molar-refractivity contribution in [2.24, 2.45) is 17.8 Å². The molecule has 3 saturated carbocycles. The van der Waals surface area contributed by atoms with Crippen LogP contribution in [0, 0.1) is 35.2 Å². The molecule has 3 aromatic carbocycles. The van der Waals surface area contributed by atoms with Gasteiger partial charge < -0.3 is 28.4 Å². The van der Waals surface area contributed by atoms with Crippen molar-refractivity contribution < 1.29 is 41.6 Å². The van der Waals surface area contributed by atoms with E-state index in [4.69, 9.17) is 28.4 Å². The summed E-state index contributed by atoms with van der Waals surface area (Å²) >= 11 is 0. The van der Waals surface area contributed by atoms with Crippen LogP contribution in [0.3, 0.4) is 0 Å². The van der Waals surface area contributed by atoms with E-state index in [-0.39, 0.29) is 35.8 Å². The summed E-state index contributed by atoms with van der Waals surface area (Å²) in [4.78, 5) is 0. The zero-order valence-electron chi connectivity index (χ0n) is 36.2. The van der Waals surface area contributed by atoms with E-state index in [2.05, 4.69) is 36.5 Å². The number of ether oxygens (including phenoxy) is 6. The Kier molecular flexibility index (Phi) is 14.4. The van der Waals surface area contributed by atoms with E-state index < -0.39 is 0 Å². The van der Waals surface area contributed by atoms with Gasteiger partial charge in [0.15, 0.2) is 34.5 Å². The third kappa shape index (κ3) is 9.06. The fourth-order valence-corrected chi connectivity index (χ4v) is 10.4. The Balaban J connectivity index is 0.000000136. The Bertz CT molecular complexity index is 1800. The molecule has 3 aliphatic carbocycles. The lowest BCUT2D eigenvalue weighted by molar-refractivity contribution is 0.139. The summed E-state index contributed by atoms with van der Waals surface area (Å²) in [5.41, 5.74) is 3.07. The topological polar surface area (TPSA) is 55.4 Å². The largest absolute Gasteiger partial charge is 0.491 e. The number of hydrogen-bond acceptors (Lipinski definition) is 6. The summed E-state index contributed by atoms with van der Waals surface area (Å²) in [6, 6.07) is 11.1. The molecule has 0 spiro atoms. The van der Waals surface area contributed by atoms with Crippen molar-refractivity contribution in [2.75, 3.05) is 19.8 Å². The normalized spacial score (nSPS) is 28.1. The van der Waals surface area contributed by atoms with Gasteiger partial charge in [-0.15, -0.1) is 0 Å². The van der Waals surface area contributed by atoms with Crippen LogP contribution in [-0.4, -0.2) is 38.1 Å². The highest BCUT2D eigenvalue weighted by atomic mass is 19.1. The Morgan fingerprint density at radius 1 is 0.467 bits per heavy atom. The maximum atomic E-state index is 14.4. The molecule has 9 rings (SSSR count). The van der Waals surface area contributed by atoms with Crippen molar-refractivity contribution in [1.29, 1.82) is 0 Å². The lowest BCUT2D eigenvalue weighted by Crippen LogP contribution is -2.27. The van der Waals surface area contributed by atoms with Crippen LogP contribution in [0.2, 0.25) is 0 Å². The van der Waals surface area contributed by atoms with Crippen molar-refractivity contribution >= 4 is 0 Å². The second-order valence-electron chi connectivity index (χ2n) is 16.8. The van der Waals surface area contributed by atoms with Crippen LogP contribution >= 0.6 is 0 Å². The predicted molar refractivity (Wildman–Crippen MR) is 231 cm³/mol. The molecule has 0 saturated heterocycles. The molecule has 60 heavy (non-hydrogen) atoms. The number of fused-ring (bicyclic) bond motifs is 9. The van der Waals surface area contributed by atoms with Gasteiger partial charge >= 0.3 is 0 Å². The van der Waals surface area contributed by atoms with Gasteiger partial charge in [-0.1, -0.05) is 54.7 Å². The molecule has 0 radical (unpaired) electrons. The highest BCUT2D eigenvalue weighted by molar-refractivity contribution is 5.50. The summed E-state index contributed by atoms with van der Waals surface area (Å²) in [6.45, 7) is 13.1. The van der Waals surface area contributed by atoms with Crippen molar-refractivity contribution in [2.45, 2.75) is 135 Å². The van der Waals surface area contributed by atoms with Crippen LogP contribution < -0.4 is 28.4 Å². The first-order chi connectivity index (χ1) is 29.2. The van der Waals surface area contributed by atoms with E-state index in [1.54, 1.807) is 18.2 Å². The predicted octanol–water partition coefficient (Wildman–Crippen LogP) is 13.3. The van der Waals surface area contributed by atoms with Crippen LogP contribution in [-0.2, 0) is 0 Å². The Morgan fingerprint density at radius 2 is 0.750 bits per heavy atom. The monoisotopic (exact) mass is 828 g/mol. The molecule has 9 heteroatoms. The molecule has 324 valence electrons. The van der Waals surface area contributed by atoms with E-state index in [1.807, 2.05) is 59.7 Å². The lowest BCUT2D eigenvalue weighted by atomic mass is 9.78. The fourth-order valence-electron chi connectivity index (χ4n) is 10.4. The molecule has 3 aliphatic heterocycles. The van der Waals surface area contributed by atoms with Gasteiger partial charge in [0.1, 0.15) is 18.3 Å². The van der Waals surface area contributed by atoms with E-state index in [1.165, 1.54) is 0 Å². The van der Waals surface area contributed by atoms with Crippen molar-refractivity contribution in [1.82, 2.24) is 0 Å². The molecule has 0 aromatic heterocycles. The second-order valence-corrected chi connectivity index (χ2v) is 16.8. The number of hydrogen-bond donors (Lipinski definition) is 0. The van der Waals surface area contributed by atoms with Crippen molar-refractivity contribution in [3.8, 4) is 34.5 Å². The van der Waals surface area contributed by atoms with Crippen LogP contribution in [0.15, 0.2) is 72.9 Å². The second kappa shape index (κ2) is 19.9. The minimum absolute atomic E-state index is 0.117. The van der Waals surface area contributed by atoms with Gasteiger partial charge in [0.2, 0.25) is 17.5 Å². The van der Waals surface area contributed by atoms with Gasteiger partial charge in [-0.3, -0.25) is 0 Å². The Hall–Kier alpha value is -4.53. The van der Waals surface area contributed by atoms with Gasteiger partial charge in [0.25, 0.3) is 0 Å². The van der Waals surface area contributed by atoms with Crippen LogP contribution in [0.25, 0.3) is 0 Å². The van der Waals surface area contributed by atoms with Gasteiger partial charge in [0.05, 0.1) is 19.8 Å². The number of benzene rings is 3. The molecule has 3 heterocycles. The van der Waals surface area contributed by atoms with Gasteiger partial charge in [-0.05, 0) is 135 Å². The highest BCUT2D eigenvalue weighted by Gasteiger charge is 2.43. The van der Waals surface area contributed by atoms with Gasteiger partial charge in [0, 0.05) is 34.4 Å². The number of allylic oxidation sites excluding steroid dienone is 6. The molecule has 0 amide bonds. The molecule has 6 nitrogen and oxygen atoms in total. The molecule has 6 aliphatic rings. The zero-order chi connectivity index (χ0) is 42.3. The van der Waals surface area contributed by atoms with Crippen LogP contribution in [0.4, 0.5) is 13.2 Å². The number of halogens is 3. The molecular formula is C51H63F3O6. The maximum absolute atomic E-state index is 14.4. The van der Waals surface area contributed by atoms with Gasteiger partial charge in [-0.2, -0.15) is 13.2 Å². The van der Waals surface area contributed by atoms with Gasteiger partial charge in [-0.25, -0.2) is 0 Å². The quantitative estimate of drug-likeness (QED) is 0.200. The molecule has 0 N–H and O–H groups in total. The first kappa shape index (κ1) is 43.6. The smallest absolute Gasteiger partial charge is 0.207 e. The molecule has 9 atom stereocenters. The van der Waals surface area contributed by atoms with Crippen molar-refractivity contribution in [3.63, 3.8) is 0 Å². The minimum Gasteiger partial charge on any atom is -0.491 e. The minimum atomic E-state index is -0.332. The summed E-state index contributed by atoms with van der Waals surface area (Å²) < 4.78 is 76.8. The summed E-state index contributed by atoms with van der Waals surface area (Å²) in [5.74, 6) is 3.89. The molecule has 3 aromatic rings. The standard InChI is InChI=1S/3C17H21FO2/c3*1-3-5-11-6-7-12-13-8-9-14(19-4-2)16(18)17(13)20-15(12)10-11/h3*3,5,8-9,11-12,15H,4,6-7,10H2,1-2H3/b2*5-3+;5-3-/t3*11?,12-,15?/m000/s1. The van der Waals surface area contributed by atoms with Crippen LogP contribution in [0.1, 0.15) is 134 Å². The Morgan fingerprint density at radius 3 is 1.00 bits per heavy atom. The van der Waals surface area contributed by atoms with Crippen LogP contribution in [0.5, 0.6) is 34.5 Å². The highest BCUT2D eigenvalue weighted by Crippen LogP contribution is 2.52.